The van der Waals surface area contributed by atoms with Crippen LogP contribution in [0.4, 0.5) is 0 Å². The van der Waals surface area contributed by atoms with E-state index in [9.17, 15) is 14.7 Å². The van der Waals surface area contributed by atoms with Crippen molar-refractivity contribution in [3.8, 4) is 0 Å². The molecular formula is C12H22N2O3. The normalized spacial score (nSPS) is 20.6. The number of nitrogens with one attached hydrogen (secondary N) is 1. The number of hydrogen-bond donors (Lipinski definition) is 3. The molecule has 0 aromatic carbocycles. The molecule has 0 aromatic rings. The highest BCUT2D eigenvalue weighted by Crippen LogP contribution is 2.35. The zero-order chi connectivity index (χ0) is 12.9. The Bertz CT molecular complexity index is 283. The van der Waals surface area contributed by atoms with Crippen LogP contribution in [0.25, 0.3) is 0 Å². The first kappa shape index (κ1) is 14.0. The summed E-state index contributed by atoms with van der Waals surface area (Å²) >= 11 is 0. The molecule has 0 aliphatic heterocycles. The maximum absolute atomic E-state index is 11.5. The summed E-state index contributed by atoms with van der Waals surface area (Å²) in [4.78, 5) is 22.8. The Balaban J connectivity index is 2.50. The largest absolute Gasteiger partial charge is 0.481 e. The van der Waals surface area contributed by atoms with Gasteiger partial charge in [0.05, 0.1) is 5.41 Å². The summed E-state index contributed by atoms with van der Waals surface area (Å²) in [6.45, 7) is 1.99. The highest BCUT2D eigenvalue weighted by molar-refractivity contribution is 5.79. The van der Waals surface area contributed by atoms with Crippen molar-refractivity contribution in [2.45, 2.75) is 51.5 Å². The first-order valence-electron chi connectivity index (χ1n) is 6.22. The van der Waals surface area contributed by atoms with Crippen LogP contribution in [0.1, 0.15) is 45.4 Å². The first-order valence-corrected chi connectivity index (χ1v) is 6.22. The van der Waals surface area contributed by atoms with E-state index in [1.165, 1.54) is 0 Å². The number of amides is 1. The maximum atomic E-state index is 11.5. The number of aliphatic carboxylic acids is 1. The van der Waals surface area contributed by atoms with Crippen LogP contribution in [-0.4, -0.2) is 29.6 Å². The number of hydrogen-bond acceptors (Lipinski definition) is 3. The molecular weight excluding hydrogens is 220 g/mol. The van der Waals surface area contributed by atoms with Crippen molar-refractivity contribution >= 4 is 11.9 Å². The summed E-state index contributed by atoms with van der Waals surface area (Å²) in [5.74, 6) is -0.954. The Morgan fingerprint density at radius 1 is 1.35 bits per heavy atom. The highest BCUT2D eigenvalue weighted by Gasteiger charge is 2.39. The Labute approximate surface area is 102 Å². The fourth-order valence-electron chi connectivity index (χ4n) is 2.33. The third-order valence-electron chi connectivity index (χ3n) is 3.40. The zero-order valence-electron chi connectivity index (χ0n) is 10.4. The van der Waals surface area contributed by atoms with Gasteiger partial charge in [0, 0.05) is 19.0 Å². The molecule has 0 radical (unpaired) electrons. The molecule has 0 spiro atoms. The van der Waals surface area contributed by atoms with E-state index in [0.717, 1.165) is 19.3 Å². The quantitative estimate of drug-likeness (QED) is 0.667. The molecule has 5 nitrogen and oxygen atoms in total. The van der Waals surface area contributed by atoms with E-state index in [1.54, 1.807) is 6.92 Å². The summed E-state index contributed by atoms with van der Waals surface area (Å²) in [6.07, 6.45) is 4.49. The van der Waals surface area contributed by atoms with Crippen molar-refractivity contribution in [1.82, 2.24) is 5.32 Å². The Hall–Kier alpha value is -1.10. The molecule has 1 rings (SSSR count). The number of nitrogens with two attached hydrogens (primary N) is 1. The topological polar surface area (TPSA) is 92.4 Å². The minimum atomic E-state index is -0.793. The minimum absolute atomic E-state index is 0.161. The lowest BCUT2D eigenvalue weighted by Crippen LogP contribution is -2.45. The molecule has 4 N–H and O–H groups in total. The molecule has 1 aliphatic rings. The second kappa shape index (κ2) is 6.00. The monoisotopic (exact) mass is 242 g/mol. The molecule has 5 heteroatoms. The van der Waals surface area contributed by atoms with Crippen LogP contribution in [-0.2, 0) is 9.59 Å². The predicted molar refractivity (Wildman–Crippen MR) is 64.4 cm³/mol. The van der Waals surface area contributed by atoms with E-state index in [0.29, 0.717) is 12.8 Å². The summed E-state index contributed by atoms with van der Waals surface area (Å²) in [5.41, 5.74) is 4.76. The second-order valence-corrected chi connectivity index (χ2v) is 5.10. The lowest BCUT2D eigenvalue weighted by atomic mass is 9.74. The van der Waals surface area contributed by atoms with Crippen molar-refractivity contribution in [3.05, 3.63) is 0 Å². The highest BCUT2D eigenvalue weighted by atomic mass is 16.4. The third-order valence-corrected chi connectivity index (χ3v) is 3.40. The van der Waals surface area contributed by atoms with E-state index in [4.69, 9.17) is 5.73 Å². The lowest BCUT2D eigenvalue weighted by Gasteiger charge is -2.33. The number of carboxylic acid groups (broad SMARTS) is 1. The van der Waals surface area contributed by atoms with Crippen LogP contribution in [0.3, 0.4) is 0 Å². The van der Waals surface area contributed by atoms with Crippen LogP contribution < -0.4 is 11.1 Å². The van der Waals surface area contributed by atoms with Gasteiger partial charge >= 0.3 is 5.97 Å². The van der Waals surface area contributed by atoms with Crippen LogP contribution in [0.5, 0.6) is 0 Å². The van der Waals surface area contributed by atoms with Gasteiger partial charge in [-0.1, -0.05) is 19.3 Å². The summed E-state index contributed by atoms with van der Waals surface area (Å²) < 4.78 is 0. The third kappa shape index (κ3) is 4.00. The van der Waals surface area contributed by atoms with Gasteiger partial charge in [0.15, 0.2) is 0 Å². The minimum Gasteiger partial charge on any atom is -0.481 e. The maximum Gasteiger partial charge on any atom is 0.311 e. The molecule has 1 unspecified atom stereocenters. The molecule has 17 heavy (non-hydrogen) atoms. The van der Waals surface area contributed by atoms with E-state index in [1.807, 2.05) is 0 Å². The number of carboxylic acids is 1. The van der Waals surface area contributed by atoms with Crippen molar-refractivity contribution < 1.29 is 14.7 Å². The molecule has 0 saturated heterocycles. The Kier molecular flexibility index (Phi) is 4.93. The number of carbonyl (C=O) groups is 2. The molecule has 0 bridgehead atoms. The molecule has 0 aromatic heterocycles. The standard InChI is InChI=1S/C12H22N2O3/c1-9(13)7-10(15)14-8-12(11(16)17)5-3-2-4-6-12/h9H,2-8,13H2,1H3,(H,14,15)(H,16,17). The molecule has 1 saturated carbocycles. The zero-order valence-corrected chi connectivity index (χ0v) is 10.4. The van der Waals surface area contributed by atoms with E-state index in [-0.39, 0.29) is 24.9 Å². The van der Waals surface area contributed by atoms with Gasteiger partial charge in [-0.2, -0.15) is 0 Å². The van der Waals surface area contributed by atoms with E-state index >= 15 is 0 Å². The van der Waals surface area contributed by atoms with Crippen molar-refractivity contribution in [3.63, 3.8) is 0 Å². The van der Waals surface area contributed by atoms with Crippen LogP contribution in [0.2, 0.25) is 0 Å². The lowest BCUT2D eigenvalue weighted by molar-refractivity contribution is -0.151. The van der Waals surface area contributed by atoms with Crippen molar-refractivity contribution in [2.75, 3.05) is 6.54 Å². The number of rotatable bonds is 5. The summed E-state index contributed by atoms with van der Waals surface area (Å²) in [5, 5.41) is 12.0. The smallest absolute Gasteiger partial charge is 0.311 e. The molecule has 1 fully saturated rings. The molecule has 1 atom stereocenters. The van der Waals surface area contributed by atoms with Gasteiger partial charge in [-0.25, -0.2) is 0 Å². The fourth-order valence-corrected chi connectivity index (χ4v) is 2.33. The van der Waals surface area contributed by atoms with Gasteiger partial charge in [0.25, 0.3) is 0 Å². The van der Waals surface area contributed by atoms with Crippen molar-refractivity contribution in [1.29, 1.82) is 0 Å². The second-order valence-electron chi connectivity index (χ2n) is 5.10. The van der Waals surface area contributed by atoms with Gasteiger partial charge in [0.2, 0.25) is 5.91 Å². The summed E-state index contributed by atoms with van der Waals surface area (Å²) in [7, 11) is 0. The number of carbonyl (C=O) groups excluding carboxylic acids is 1. The Morgan fingerprint density at radius 2 is 1.94 bits per heavy atom. The van der Waals surface area contributed by atoms with Gasteiger partial charge in [-0.05, 0) is 19.8 Å². The molecule has 1 aliphatic carbocycles. The first-order chi connectivity index (χ1) is 7.96. The van der Waals surface area contributed by atoms with Gasteiger partial charge in [-0.15, -0.1) is 0 Å². The van der Waals surface area contributed by atoms with Crippen LogP contribution >= 0.6 is 0 Å². The van der Waals surface area contributed by atoms with Gasteiger partial charge in [0.1, 0.15) is 0 Å². The van der Waals surface area contributed by atoms with Gasteiger partial charge in [-0.3, -0.25) is 9.59 Å². The predicted octanol–water partition coefficient (Wildman–Crippen LogP) is 0.875. The molecule has 98 valence electrons. The van der Waals surface area contributed by atoms with E-state index < -0.39 is 11.4 Å². The Morgan fingerprint density at radius 3 is 2.41 bits per heavy atom. The SMILES string of the molecule is CC(N)CC(=O)NCC1(C(=O)O)CCCCC1. The molecule has 1 amide bonds. The van der Waals surface area contributed by atoms with Crippen LogP contribution in [0, 0.1) is 5.41 Å². The van der Waals surface area contributed by atoms with Crippen LogP contribution in [0.15, 0.2) is 0 Å². The van der Waals surface area contributed by atoms with E-state index in [2.05, 4.69) is 5.32 Å². The fraction of sp³-hybridized carbons (Fsp3) is 0.833. The van der Waals surface area contributed by atoms with Gasteiger partial charge < -0.3 is 16.2 Å². The molecule has 0 heterocycles. The summed E-state index contributed by atoms with van der Waals surface area (Å²) in [6, 6.07) is -0.192. The average molecular weight is 242 g/mol. The average Bonchev–Trinajstić information content (AvgIpc) is 2.26. The van der Waals surface area contributed by atoms with Crippen molar-refractivity contribution in [2.24, 2.45) is 11.1 Å².